The number of hydrogen-bond donors (Lipinski definition) is 2. The summed E-state index contributed by atoms with van der Waals surface area (Å²) in [5.41, 5.74) is 6.99. The first-order valence-corrected chi connectivity index (χ1v) is 5.93. The van der Waals surface area contributed by atoms with Crippen LogP contribution in [0.1, 0.15) is 35.3 Å². The van der Waals surface area contributed by atoms with Gasteiger partial charge in [-0.15, -0.1) is 0 Å². The minimum atomic E-state index is -0.974. The van der Waals surface area contributed by atoms with Gasteiger partial charge in [-0.1, -0.05) is 12.1 Å². The first-order chi connectivity index (χ1) is 8.54. The summed E-state index contributed by atoms with van der Waals surface area (Å²) < 4.78 is 0. The quantitative estimate of drug-likeness (QED) is 0.836. The topological polar surface area (TPSA) is 83.6 Å². The van der Waals surface area contributed by atoms with Crippen LogP contribution >= 0.6 is 0 Å². The first-order valence-electron chi connectivity index (χ1n) is 5.93. The molecule has 2 rings (SSSR count). The van der Waals surface area contributed by atoms with Crippen LogP contribution in [0.5, 0.6) is 0 Å². The smallest absolute Gasteiger partial charge is 0.335 e. The number of amides is 1. The summed E-state index contributed by atoms with van der Waals surface area (Å²) in [4.78, 5) is 24.4. The molecule has 0 aromatic heterocycles. The highest BCUT2D eigenvalue weighted by atomic mass is 16.4. The van der Waals surface area contributed by atoms with Crippen LogP contribution in [0.25, 0.3) is 0 Å². The molecule has 18 heavy (non-hydrogen) atoms. The maximum atomic E-state index is 11.7. The highest BCUT2D eigenvalue weighted by molar-refractivity contribution is 5.88. The van der Waals surface area contributed by atoms with E-state index in [1.165, 1.54) is 6.07 Å². The highest BCUT2D eigenvalue weighted by Gasteiger charge is 2.37. The second kappa shape index (κ2) is 4.78. The predicted octanol–water partition coefficient (Wildman–Crippen LogP) is 1.01. The van der Waals surface area contributed by atoms with Gasteiger partial charge in [0.1, 0.15) is 0 Å². The van der Waals surface area contributed by atoms with E-state index in [-0.39, 0.29) is 23.6 Å². The molecular weight excluding hydrogens is 232 g/mol. The third-order valence-corrected chi connectivity index (χ3v) is 3.29. The van der Waals surface area contributed by atoms with Crippen LogP contribution in [0.4, 0.5) is 0 Å². The number of carboxylic acid groups (broad SMARTS) is 1. The molecule has 0 radical (unpaired) electrons. The number of nitrogens with two attached hydrogens (primary N) is 1. The molecule has 0 saturated carbocycles. The van der Waals surface area contributed by atoms with Gasteiger partial charge in [0.2, 0.25) is 5.91 Å². The van der Waals surface area contributed by atoms with Gasteiger partial charge in [-0.3, -0.25) is 4.79 Å². The second-order valence-electron chi connectivity index (χ2n) is 4.42. The number of aromatic carboxylic acids is 1. The van der Waals surface area contributed by atoms with Gasteiger partial charge in [-0.05, 0) is 24.6 Å². The fourth-order valence-corrected chi connectivity index (χ4v) is 2.47. The molecule has 2 unspecified atom stereocenters. The monoisotopic (exact) mass is 248 g/mol. The molecule has 1 aliphatic rings. The molecule has 5 nitrogen and oxygen atoms in total. The zero-order chi connectivity index (χ0) is 13.3. The Balaban J connectivity index is 2.38. The van der Waals surface area contributed by atoms with Crippen molar-refractivity contribution in [2.75, 3.05) is 6.54 Å². The molecule has 1 amide bonds. The van der Waals surface area contributed by atoms with Crippen molar-refractivity contribution in [1.29, 1.82) is 0 Å². The van der Waals surface area contributed by atoms with Gasteiger partial charge in [0.15, 0.2) is 0 Å². The maximum absolute atomic E-state index is 11.7. The Labute approximate surface area is 105 Å². The number of carboxylic acids is 1. The first kappa shape index (κ1) is 12.6. The Hall–Kier alpha value is -1.88. The van der Waals surface area contributed by atoms with E-state index in [0.717, 1.165) is 5.56 Å². The Kier molecular flexibility index (Phi) is 3.34. The van der Waals surface area contributed by atoms with Crippen molar-refractivity contribution >= 4 is 11.9 Å². The molecule has 0 spiro atoms. The van der Waals surface area contributed by atoms with Gasteiger partial charge in [0, 0.05) is 19.0 Å². The summed E-state index contributed by atoms with van der Waals surface area (Å²) in [6.45, 7) is 2.47. The van der Waals surface area contributed by atoms with E-state index in [0.29, 0.717) is 13.0 Å². The molecule has 1 aromatic carbocycles. The maximum Gasteiger partial charge on any atom is 0.335 e. The molecule has 1 aliphatic heterocycles. The zero-order valence-electron chi connectivity index (χ0n) is 10.2. The summed E-state index contributed by atoms with van der Waals surface area (Å²) in [5, 5.41) is 8.98. The Morgan fingerprint density at radius 2 is 2.28 bits per heavy atom. The molecule has 96 valence electrons. The van der Waals surface area contributed by atoms with Crippen molar-refractivity contribution in [2.24, 2.45) is 5.73 Å². The summed E-state index contributed by atoms with van der Waals surface area (Å²) in [5.74, 6) is -0.950. The van der Waals surface area contributed by atoms with Gasteiger partial charge in [-0.2, -0.15) is 0 Å². The molecule has 1 fully saturated rings. The zero-order valence-corrected chi connectivity index (χ0v) is 10.2. The van der Waals surface area contributed by atoms with Gasteiger partial charge >= 0.3 is 5.97 Å². The van der Waals surface area contributed by atoms with Crippen LogP contribution in [-0.4, -0.2) is 34.5 Å². The Morgan fingerprint density at radius 1 is 1.56 bits per heavy atom. The molecule has 1 aromatic rings. The third kappa shape index (κ3) is 2.09. The Morgan fingerprint density at radius 3 is 2.89 bits per heavy atom. The number of likely N-dealkylation sites (tertiary alicyclic amines) is 1. The number of carbonyl (C=O) groups excluding carboxylic acids is 1. The average molecular weight is 248 g/mol. The van der Waals surface area contributed by atoms with Crippen LogP contribution in [-0.2, 0) is 4.79 Å². The fourth-order valence-electron chi connectivity index (χ4n) is 2.47. The van der Waals surface area contributed by atoms with Gasteiger partial charge in [0.25, 0.3) is 0 Å². The molecule has 3 N–H and O–H groups in total. The van der Waals surface area contributed by atoms with Crippen LogP contribution in [0, 0.1) is 0 Å². The van der Waals surface area contributed by atoms with E-state index in [4.69, 9.17) is 10.8 Å². The standard InChI is InChI=1S/C13H16N2O3/c1-2-15-11(16)7-10(14)12(15)8-4-3-5-9(6-8)13(17)18/h3-6,10,12H,2,7,14H2,1H3,(H,17,18). The number of carbonyl (C=O) groups is 2. The van der Waals surface area contributed by atoms with Gasteiger partial charge in [-0.25, -0.2) is 4.79 Å². The number of nitrogens with zero attached hydrogens (tertiary/aromatic N) is 1. The van der Waals surface area contributed by atoms with E-state index >= 15 is 0 Å². The van der Waals surface area contributed by atoms with E-state index < -0.39 is 5.97 Å². The average Bonchev–Trinajstić information content (AvgIpc) is 2.63. The van der Waals surface area contributed by atoms with Crippen LogP contribution in [0.15, 0.2) is 24.3 Å². The highest BCUT2D eigenvalue weighted by Crippen LogP contribution is 2.32. The fraction of sp³-hybridized carbons (Fsp3) is 0.385. The second-order valence-corrected chi connectivity index (χ2v) is 4.42. The number of likely N-dealkylation sites (N-methyl/N-ethyl adjacent to an activating group) is 1. The molecule has 0 bridgehead atoms. The molecule has 0 aliphatic carbocycles. The number of rotatable bonds is 3. The molecule has 1 heterocycles. The summed E-state index contributed by atoms with van der Waals surface area (Å²) in [6.07, 6.45) is 0.315. The predicted molar refractivity (Wildman–Crippen MR) is 66.1 cm³/mol. The van der Waals surface area contributed by atoms with Crippen molar-refractivity contribution in [2.45, 2.75) is 25.4 Å². The van der Waals surface area contributed by atoms with E-state index in [2.05, 4.69) is 0 Å². The van der Waals surface area contributed by atoms with E-state index in [1.807, 2.05) is 13.0 Å². The molecule has 5 heteroatoms. The van der Waals surface area contributed by atoms with Crippen LogP contribution < -0.4 is 5.73 Å². The van der Waals surface area contributed by atoms with E-state index in [9.17, 15) is 9.59 Å². The molecule has 1 saturated heterocycles. The molecule has 2 atom stereocenters. The van der Waals surface area contributed by atoms with Crippen molar-refractivity contribution in [3.63, 3.8) is 0 Å². The minimum Gasteiger partial charge on any atom is -0.478 e. The lowest BCUT2D eigenvalue weighted by atomic mass is 9.99. The van der Waals surface area contributed by atoms with Crippen molar-refractivity contribution in [1.82, 2.24) is 4.90 Å². The van der Waals surface area contributed by atoms with Crippen LogP contribution in [0.3, 0.4) is 0 Å². The normalized spacial score (nSPS) is 23.4. The third-order valence-electron chi connectivity index (χ3n) is 3.29. The van der Waals surface area contributed by atoms with Crippen LogP contribution in [0.2, 0.25) is 0 Å². The number of hydrogen-bond acceptors (Lipinski definition) is 3. The number of benzene rings is 1. The summed E-state index contributed by atoms with van der Waals surface area (Å²) >= 11 is 0. The SMILES string of the molecule is CCN1C(=O)CC(N)C1c1cccc(C(=O)O)c1. The van der Waals surface area contributed by atoms with Crippen molar-refractivity contribution < 1.29 is 14.7 Å². The summed E-state index contributed by atoms with van der Waals surface area (Å²) in [6, 6.07) is 6.13. The van der Waals surface area contributed by atoms with Crippen molar-refractivity contribution in [3.05, 3.63) is 35.4 Å². The van der Waals surface area contributed by atoms with Gasteiger partial charge < -0.3 is 15.7 Å². The minimum absolute atomic E-state index is 0.0238. The lowest BCUT2D eigenvalue weighted by Gasteiger charge is -2.26. The van der Waals surface area contributed by atoms with Gasteiger partial charge in [0.05, 0.1) is 11.6 Å². The Bertz CT molecular complexity index is 487. The largest absolute Gasteiger partial charge is 0.478 e. The van der Waals surface area contributed by atoms with E-state index in [1.54, 1.807) is 17.0 Å². The lowest BCUT2D eigenvalue weighted by molar-refractivity contribution is -0.128. The van der Waals surface area contributed by atoms with Crippen molar-refractivity contribution in [3.8, 4) is 0 Å². The molecular formula is C13H16N2O3. The summed E-state index contributed by atoms with van der Waals surface area (Å²) in [7, 11) is 0. The lowest BCUT2D eigenvalue weighted by Crippen LogP contribution is -2.33.